The van der Waals surface area contributed by atoms with Crippen molar-refractivity contribution >= 4 is 9.84 Å². The Morgan fingerprint density at radius 1 is 1.19 bits per heavy atom. The molecule has 2 aromatic carbocycles. The van der Waals surface area contributed by atoms with Crippen LogP contribution in [0.3, 0.4) is 0 Å². The van der Waals surface area contributed by atoms with Crippen molar-refractivity contribution in [1.82, 2.24) is 5.32 Å². The van der Waals surface area contributed by atoms with Crippen molar-refractivity contribution in [3.63, 3.8) is 0 Å². The lowest BCUT2D eigenvalue weighted by Gasteiger charge is -2.12. The average Bonchev–Trinajstić information content (AvgIpc) is 2.42. The van der Waals surface area contributed by atoms with Gasteiger partial charge in [-0.1, -0.05) is 6.07 Å². The zero-order valence-electron chi connectivity index (χ0n) is 11.8. The highest BCUT2D eigenvalue weighted by Crippen LogP contribution is 2.27. The Balaban J connectivity index is 2.34. The van der Waals surface area contributed by atoms with E-state index in [9.17, 15) is 12.8 Å². The van der Waals surface area contributed by atoms with Crippen LogP contribution in [-0.4, -0.2) is 21.7 Å². The quantitative estimate of drug-likeness (QED) is 0.922. The van der Waals surface area contributed by atoms with Crippen LogP contribution in [0.1, 0.15) is 5.56 Å². The smallest absolute Gasteiger partial charge is 0.175 e. The van der Waals surface area contributed by atoms with E-state index in [-0.39, 0.29) is 10.7 Å². The van der Waals surface area contributed by atoms with E-state index in [0.717, 1.165) is 6.26 Å². The van der Waals surface area contributed by atoms with E-state index >= 15 is 0 Å². The molecule has 0 spiro atoms. The van der Waals surface area contributed by atoms with Gasteiger partial charge in [0.05, 0.1) is 4.90 Å². The molecule has 0 aliphatic carbocycles. The standard InChI is InChI=1S/C15H16FNO3S/c1-17-10-11-8-12(16)6-7-15(11)20-13-4-3-5-14(9-13)21(2,18)19/h3-9,17H,10H2,1-2H3. The fourth-order valence-corrected chi connectivity index (χ4v) is 2.53. The van der Waals surface area contributed by atoms with Crippen molar-refractivity contribution in [1.29, 1.82) is 0 Å². The molecule has 0 unspecified atom stereocenters. The van der Waals surface area contributed by atoms with Gasteiger partial charge in [0.15, 0.2) is 9.84 Å². The number of ether oxygens (including phenoxy) is 1. The summed E-state index contributed by atoms with van der Waals surface area (Å²) in [5, 5.41) is 2.93. The molecule has 0 aliphatic heterocycles. The van der Waals surface area contributed by atoms with Crippen LogP contribution >= 0.6 is 0 Å². The van der Waals surface area contributed by atoms with E-state index in [2.05, 4.69) is 5.32 Å². The van der Waals surface area contributed by atoms with Gasteiger partial charge in [-0.25, -0.2) is 12.8 Å². The Kier molecular flexibility index (Phi) is 4.59. The lowest BCUT2D eigenvalue weighted by Crippen LogP contribution is -2.07. The molecule has 0 saturated heterocycles. The molecule has 2 aromatic rings. The second-order valence-electron chi connectivity index (χ2n) is 4.63. The highest BCUT2D eigenvalue weighted by molar-refractivity contribution is 7.90. The van der Waals surface area contributed by atoms with Crippen molar-refractivity contribution in [2.24, 2.45) is 0 Å². The molecule has 0 heterocycles. The predicted octanol–water partition coefficient (Wildman–Crippen LogP) is 2.74. The van der Waals surface area contributed by atoms with Gasteiger partial charge in [-0.05, 0) is 43.4 Å². The molecule has 21 heavy (non-hydrogen) atoms. The van der Waals surface area contributed by atoms with Gasteiger partial charge in [-0.15, -0.1) is 0 Å². The number of nitrogens with one attached hydrogen (secondary N) is 1. The predicted molar refractivity (Wildman–Crippen MR) is 78.8 cm³/mol. The second-order valence-corrected chi connectivity index (χ2v) is 6.65. The van der Waals surface area contributed by atoms with E-state index in [1.807, 2.05) is 0 Å². The monoisotopic (exact) mass is 309 g/mol. The van der Waals surface area contributed by atoms with Gasteiger partial charge >= 0.3 is 0 Å². The maximum atomic E-state index is 13.3. The Hall–Kier alpha value is -1.92. The van der Waals surface area contributed by atoms with E-state index in [1.54, 1.807) is 19.2 Å². The van der Waals surface area contributed by atoms with Crippen LogP contribution < -0.4 is 10.1 Å². The topological polar surface area (TPSA) is 55.4 Å². The summed E-state index contributed by atoms with van der Waals surface area (Å²) in [5.74, 6) is 0.524. The lowest BCUT2D eigenvalue weighted by atomic mass is 10.2. The summed E-state index contributed by atoms with van der Waals surface area (Å²) in [6.45, 7) is 0.443. The van der Waals surface area contributed by atoms with Gasteiger partial charge < -0.3 is 10.1 Å². The summed E-state index contributed by atoms with van der Waals surface area (Å²) in [6.07, 6.45) is 1.14. The van der Waals surface area contributed by atoms with E-state index in [4.69, 9.17) is 4.74 Å². The third-order valence-electron chi connectivity index (χ3n) is 2.85. The van der Waals surface area contributed by atoms with Gasteiger partial charge in [-0.2, -0.15) is 0 Å². The molecule has 0 radical (unpaired) electrons. The molecule has 0 aromatic heterocycles. The zero-order chi connectivity index (χ0) is 15.5. The zero-order valence-corrected chi connectivity index (χ0v) is 12.6. The molecule has 1 N–H and O–H groups in total. The fraction of sp³-hybridized carbons (Fsp3) is 0.200. The van der Waals surface area contributed by atoms with Crippen molar-refractivity contribution < 1.29 is 17.5 Å². The van der Waals surface area contributed by atoms with Crippen molar-refractivity contribution in [3.05, 3.63) is 53.8 Å². The van der Waals surface area contributed by atoms with Crippen LogP contribution in [0, 0.1) is 5.82 Å². The molecule has 0 fully saturated rings. The van der Waals surface area contributed by atoms with Crippen LogP contribution in [0.4, 0.5) is 4.39 Å². The van der Waals surface area contributed by atoms with Gasteiger partial charge in [0.25, 0.3) is 0 Å². The summed E-state index contributed by atoms with van der Waals surface area (Å²) in [7, 11) is -1.55. The first-order valence-electron chi connectivity index (χ1n) is 6.31. The van der Waals surface area contributed by atoms with Crippen LogP contribution in [0.5, 0.6) is 11.5 Å². The number of hydrogen-bond acceptors (Lipinski definition) is 4. The number of sulfone groups is 1. The van der Waals surface area contributed by atoms with E-state index in [0.29, 0.717) is 23.6 Å². The number of hydrogen-bond donors (Lipinski definition) is 1. The lowest BCUT2D eigenvalue weighted by molar-refractivity contribution is 0.470. The first-order chi connectivity index (χ1) is 9.90. The minimum Gasteiger partial charge on any atom is -0.457 e. The summed E-state index contributed by atoms with van der Waals surface area (Å²) in [4.78, 5) is 0.178. The Labute approximate surface area is 123 Å². The number of benzene rings is 2. The molecule has 112 valence electrons. The molecule has 0 atom stereocenters. The number of halogens is 1. The maximum absolute atomic E-state index is 13.3. The fourth-order valence-electron chi connectivity index (χ4n) is 1.87. The van der Waals surface area contributed by atoms with Gasteiger partial charge in [-0.3, -0.25) is 0 Å². The molecule has 6 heteroatoms. The minimum absolute atomic E-state index is 0.178. The second kappa shape index (κ2) is 6.24. The van der Waals surface area contributed by atoms with Gasteiger partial charge in [0.2, 0.25) is 0 Å². The molecule has 0 amide bonds. The van der Waals surface area contributed by atoms with Crippen molar-refractivity contribution in [2.45, 2.75) is 11.4 Å². The summed E-state index contributed by atoms with van der Waals surface area (Å²) in [5.41, 5.74) is 0.655. The normalized spacial score (nSPS) is 11.4. The van der Waals surface area contributed by atoms with Crippen LogP contribution in [0.15, 0.2) is 47.4 Å². The van der Waals surface area contributed by atoms with Crippen molar-refractivity contribution in [3.8, 4) is 11.5 Å². The average molecular weight is 309 g/mol. The first kappa shape index (κ1) is 15.5. The Bertz CT molecular complexity index is 744. The largest absolute Gasteiger partial charge is 0.457 e. The number of rotatable bonds is 5. The maximum Gasteiger partial charge on any atom is 0.175 e. The first-order valence-corrected chi connectivity index (χ1v) is 8.20. The SMILES string of the molecule is CNCc1cc(F)ccc1Oc1cccc(S(C)(=O)=O)c1. The van der Waals surface area contributed by atoms with Crippen LogP contribution in [0.2, 0.25) is 0 Å². The van der Waals surface area contributed by atoms with Gasteiger partial charge in [0, 0.05) is 18.4 Å². The summed E-state index contributed by atoms with van der Waals surface area (Å²) >= 11 is 0. The van der Waals surface area contributed by atoms with E-state index in [1.165, 1.54) is 30.3 Å². The molecule has 0 bridgehead atoms. The molecular formula is C15H16FNO3S. The summed E-state index contributed by atoms with van der Waals surface area (Å²) < 4.78 is 42.0. The molecule has 2 rings (SSSR count). The molecule has 4 nitrogen and oxygen atoms in total. The van der Waals surface area contributed by atoms with E-state index < -0.39 is 9.84 Å². The highest BCUT2D eigenvalue weighted by Gasteiger charge is 2.10. The van der Waals surface area contributed by atoms with Crippen molar-refractivity contribution in [2.75, 3.05) is 13.3 Å². The molecule has 0 aliphatic rings. The Morgan fingerprint density at radius 3 is 2.62 bits per heavy atom. The molecular weight excluding hydrogens is 293 g/mol. The summed E-state index contributed by atoms with van der Waals surface area (Å²) in [6, 6.07) is 10.4. The third-order valence-corrected chi connectivity index (χ3v) is 3.96. The van der Waals surface area contributed by atoms with Crippen LogP contribution in [0.25, 0.3) is 0 Å². The highest BCUT2D eigenvalue weighted by atomic mass is 32.2. The minimum atomic E-state index is -3.30. The van der Waals surface area contributed by atoms with Gasteiger partial charge in [0.1, 0.15) is 17.3 Å². The van der Waals surface area contributed by atoms with Crippen LogP contribution in [-0.2, 0) is 16.4 Å². The third kappa shape index (κ3) is 4.03. The Morgan fingerprint density at radius 2 is 1.95 bits per heavy atom. The molecule has 0 saturated carbocycles.